The molecular formula is C20H35N3O4. The van der Waals surface area contributed by atoms with Crippen LogP contribution in [0.3, 0.4) is 0 Å². The van der Waals surface area contributed by atoms with Crippen molar-refractivity contribution < 1.29 is 19.1 Å². The molecule has 1 unspecified atom stereocenters. The normalized spacial score (nSPS) is 22.3. The second kappa shape index (κ2) is 9.95. The van der Waals surface area contributed by atoms with Gasteiger partial charge in [0.2, 0.25) is 5.91 Å². The van der Waals surface area contributed by atoms with Crippen LogP contribution < -0.4 is 10.9 Å². The van der Waals surface area contributed by atoms with Gasteiger partial charge in [-0.15, -0.1) is 0 Å². The lowest BCUT2D eigenvalue weighted by molar-refractivity contribution is -0.133. The van der Waals surface area contributed by atoms with Gasteiger partial charge in [-0.2, -0.15) is 0 Å². The van der Waals surface area contributed by atoms with Crippen molar-refractivity contribution in [2.45, 2.75) is 96.6 Å². The van der Waals surface area contributed by atoms with Gasteiger partial charge in [-0.05, 0) is 46.5 Å². The van der Waals surface area contributed by atoms with E-state index in [1.807, 2.05) is 0 Å². The van der Waals surface area contributed by atoms with Gasteiger partial charge in [0.05, 0.1) is 0 Å². The fourth-order valence-electron chi connectivity index (χ4n) is 3.78. The molecule has 0 bridgehead atoms. The first-order valence-corrected chi connectivity index (χ1v) is 10.4. The number of hydrogen-bond acceptors (Lipinski definition) is 4. The molecule has 0 radical (unpaired) electrons. The Balaban J connectivity index is 1.84. The van der Waals surface area contributed by atoms with Crippen molar-refractivity contribution in [3.8, 4) is 0 Å². The van der Waals surface area contributed by atoms with Crippen molar-refractivity contribution in [1.29, 1.82) is 0 Å². The molecule has 2 rings (SSSR count). The van der Waals surface area contributed by atoms with Crippen LogP contribution in [0.1, 0.15) is 85.0 Å². The van der Waals surface area contributed by atoms with Gasteiger partial charge in [-0.3, -0.25) is 25.3 Å². The molecule has 27 heavy (non-hydrogen) atoms. The first-order valence-electron chi connectivity index (χ1n) is 10.4. The number of carbonyl (C=O) groups excluding carboxylic acids is 3. The van der Waals surface area contributed by atoms with E-state index in [1.165, 1.54) is 30.6 Å². The van der Waals surface area contributed by atoms with E-state index in [0.29, 0.717) is 13.0 Å². The summed E-state index contributed by atoms with van der Waals surface area (Å²) in [7, 11) is 0. The third-order valence-corrected chi connectivity index (χ3v) is 5.22. The van der Waals surface area contributed by atoms with E-state index in [2.05, 4.69) is 10.9 Å². The molecule has 7 nitrogen and oxygen atoms in total. The number of hydrogen-bond donors (Lipinski definition) is 2. The quantitative estimate of drug-likeness (QED) is 0.719. The molecular weight excluding hydrogens is 346 g/mol. The maximum Gasteiger partial charge on any atom is 0.410 e. The molecule has 2 fully saturated rings. The molecule has 2 aliphatic rings. The number of nitrogens with zero attached hydrogens (tertiary/aromatic N) is 1. The van der Waals surface area contributed by atoms with Crippen molar-refractivity contribution in [3.05, 3.63) is 0 Å². The van der Waals surface area contributed by atoms with Crippen LogP contribution in [0, 0.1) is 5.92 Å². The predicted molar refractivity (Wildman–Crippen MR) is 103 cm³/mol. The molecule has 0 aromatic heterocycles. The highest BCUT2D eigenvalue weighted by Gasteiger charge is 2.36. The minimum absolute atomic E-state index is 0.0473. The van der Waals surface area contributed by atoms with Crippen molar-refractivity contribution in [1.82, 2.24) is 15.8 Å². The summed E-state index contributed by atoms with van der Waals surface area (Å²) < 4.78 is 5.38. The van der Waals surface area contributed by atoms with Crippen molar-refractivity contribution in [2.24, 2.45) is 5.92 Å². The van der Waals surface area contributed by atoms with Gasteiger partial charge in [0, 0.05) is 12.5 Å². The lowest BCUT2D eigenvalue weighted by Gasteiger charge is -2.28. The Morgan fingerprint density at radius 3 is 1.96 bits per heavy atom. The molecule has 1 atom stereocenters. The fourth-order valence-corrected chi connectivity index (χ4v) is 3.78. The van der Waals surface area contributed by atoms with Crippen molar-refractivity contribution >= 4 is 17.9 Å². The monoisotopic (exact) mass is 381 g/mol. The molecule has 1 saturated carbocycles. The van der Waals surface area contributed by atoms with Crippen LogP contribution in [0.2, 0.25) is 0 Å². The lowest BCUT2D eigenvalue weighted by Crippen LogP contribution is -2.53. The van der Waals surface area contributed by atoms with Gasteiger partial charge < -0.3 is 4.74 Å². The molecule has 7 heteroatoms. The smallest absolute Gasteiger partial charge is 0.410 e. The van der Waals surface area contributed by atoms with Gasteiger partial charge in [-0.1, -0.05) is 38.5 Å². The number of nitrogens with one attached hydrogen (secondary N) is 2. The van der Waals surface area contributed by atoms with Crippen LogP contribution >= 0.6 is 0 Å². The zero-order valence-corrected chi connectivity index (χ0v) is 17.0. The molecule has 0 aromatic rings. The highest BCUT2D eigenvalue weighted by molar-refractivity contribution is 5.88. The third kappa shape index (κ3) is 7.03. The SMILES string of the molecule is CC(C)(C)OC(=O)N1CCCC1C(=O)NNC(=O)C1CCCCCCCC1. The van der Waals surface area contributed by atoms with Crippen LogP contribution in [0.15, 0.2) is 0 Å². The summed E-state index contributed by atoms with van der Waals surface area (Å²) in [6.45, 7) is 5.89. The maximum absolute atomic E-state index is 12.5. The van der Waals surface area contributed by atoms with Crippen LogP contribution in [-0.2, 0) is 14.3 Å². The predicted octanol–water partition coefficient (Wildman–Crippen LogP) is 3.28. The maximum atomic E-state index is 12.5. The molecule has 2 N–H and O–H groups in total. The van der Waals surface area contributed by atoms with E-state index in [4.69, 9.17) is 4.74 Å². The van der Waals surface area contributed by atoms with Crippen molar-refractivity contribution in [3.63, 3.8) is 0 Å². The zero-order valence-electron chi connectivity index (χ0n) is 17.0. The summed E-state index contributed by atoms with van der Waals surface area (Å²) in [5, 5.41) is 0. The summed E-state index contributed by atoms with van der Waals surface area (Å²) in [6, 6.07) is -0.597. The van der Waals surface area contributed by atoms with E-state index in [9.17, 15) is 14.4 Å². The number of likely N-dealkylation sites (tertiary alicyclic amines) is 1. The molecule has 154 valence electrons. The number of rotatable bonds is 2. The Kier molecular flexibility index (Phi) is 7.92. The molecule has 3 amide bonds. The molecule has 1 aliphatic carbocycles. The van der Waals surface area contributed by atoms with Crippen molar-refractivity contribution in [2.75, 3.05) is 6.54 Å². The van der Waals surface area contributed by atoms with E-state index in [0.717, 1.165) is 32.1 Å². The largest absolute Gasteiger partial charge is 0.444 e. The van der Waals surface area contributed by atoms with E-state index in [-0.39, 0.29) is 17.7 Å². The molecule has 0 aromatic carbocycles. The summed E-state index contributed by atoms with van der Waals surface area (Å²) in [4.78, 5) is 38.7. The number of carbonyl (C=O) groups is 3. The third-order valence-electron chi connectivity index (χ3n) is 5.22. The lowest BCUT2D eigenvalue weighted by atomic mass is 9.96. The second-order valence-electron chi connectivity index (χ2n) is 8.71. The fraction of sp³-hybridized carbons (Fsp3) is 0.850. The number of ether oxygens (including phenoxy) is 1. The number of amides is 3. The molecule has 1 heterocycles. The number of hydrazine groups is 1. The van der Waals surface area contributed by atoms with Gasteiger partial charge in [0.1, 0.15) is 11.6 Å². The Morgan fingerprint density at radius 2 is 1.37 bits per heavy atom. The zero-order chi connectivity index (χ0) is 19.9. The average molecular weight is 382 g/mol. The Labute approximate surface area is 162 Å². The summed E-state index contributed by atoms with van der Waals surface area (Å²) in [6.07, 6.45) is 9.51. The molecule has 0 spiro atoms. The standard InChI is InChI=1S/C20H35N3O4/c1-20(2,3)27-19(26)23-14-10-13-16(23)18(25)22-21-17(24)15-11-8-6-4-5-7-9-12-15/h15-16H,4-14H2,1-3H3,(H,21,24)(H,22,25). The van der Waals surface area contributed by atoms with E-state index in [1.54, 1.807) is 20.8 Å². The van der Waals surface area contributed by atoms with Crippen LogP contribution in [-0.4, -0.2) is 41.0 Å². The summed E-state index contributed by atoms with van der Waals surface area (Å²) >= 11 is 0. The molecule has 1 saturated heterocycles. The van der Waals surface area contributed by atoms with E-state index < -0.39 is 17.7 Å². The van der Waals surface area contributed by atoms with Crippen LogP contribution in [0.25, 0.3) is 0 Å². The van der Waals surface area contributed by atoms with Crippen LogP contribution in [0.4, 0.5) is 4.79 Å². The Morgan fingerprint density at radius 1 is 0.815 bits per heavy atom. The van der Waals surface area contributed by atoms with Gasteiger partial charge in [0.25, 0.3) is 5.91 Å². The van der Waals surface area contributed by atoms with E-state index >= 15 is 0 Å². The summed E-state index contributed by atoms with van der Waals surface area (Å²) in [5.74, 6) is -0.518. The average Bonchev–Trinajstić information content (AvgIpc) is 3.11. The van der Waals surface area contributed by atoms with Crippen LogP contribution in [0.5, 0.6) is 0 Å². The van der Waals surface area contributed by atoms with Gasteiger partial charge in [0.15, 0.2) is 0 Å². The highest BCUT2D eigenvalue weighted by Crippen LogP contribution is 2.23. The molecule has 1 aliphatic heterocycles. The first kappa shape index (κ1) is 21.5. The Hall–Kier alpha value is -1.79. The first-order chi connectivity index (χ1) is 12.8. The second-order valence-corrected chi connectivity index (χ2v) is 8.71. The minimum Gasteiger partial charge on any atom is -0.444 e. The van der Waals surface area contributed by atoms with Gasteiger partial charge in [-0.25, -0.2) is 4.79 Å². The Bertz CT molecular complexity index is 520. The van der Waals surface area contributed by atoms with Gasteiger partial charge >= 0.3 is 6.09 Å². The highest BCUT2D eigenvalue weighted by atomic mass is 16.6. The summed E-state index contributed by atoms with van der Waals surface area (Å²) in [5.41, 5.74) is 4.52. The minimum atomic E-state index is -0.605. The topological polar surface area (TPSA) is 87.7 Å².